The number of halogens is 2. The van der Waals surface area contributed by atoms with E-state index in [2.05, 4.69) is 9.82 Å². The summed E-state index contributed by atoms with van der Waals surface area (Å²) in [6, 6.07) is 8.31. The normalized spacial score (nSPS) is 23.6. The Balaban J connectivity index is 1.41. The van der Waals surface area contributed by atoms with Gasteiger partial charge >= 0.3 is 0 Å². The molecule has 30 heavy (non-hydrogen) atoms. The van der Waals surface area contributed by atoms with Gasteiger partial charge in [0.25, 0.3) is 0 Å². The van der Waals surface area contributed by atoms with Crippen LogP contribution in [0.5, 0.6) is 5.75 Å². The first-order chi connectivity index (χ1) is 14.3. The average Bonchev–Trinajstić information content (AvgIpc) is 3.47. The molecule has 10 heteroatoms. The van der Waals surface area contributed by atoms with Crippen LogP contribution in [0.25, 0.3) is 5.69 Å². The van der Waals surface area contributed by atoms with Gasteiger partial charge in [0.05, 0.1) is 29.3 Å². The second-order valence-corrected chi connectivity index (χ2v) is 9.91. The van der Waals surface area contributed by atoms with Gasteiger partial charge in [-0.1, -0.05) is 0 Å². The highest BCUT2D eigenvalue weighted by atomic mass is 32.2. The largest absolute Gasteiger partial charge is 0.493 e. The Bertz CT molecular complexity index is 1040. The Morgan fingerprint density at radius 3 is 2.63 bits per heavy atom. The minimum absolute atomic E-state index is 0.00681. The number of hydrogen-bond acceptors (Lipinski definition) is 5. The molecule has 0 aliphatic heterocycles. The van der Waals surface area contributed by atoms with Crippen LogP contribution in [-0.2, 0) is 10.0 Å². The van der Waals surface area contributed by atoms with E-state index < -0.39 is 39.6 Å². The molecule has 1 aromatic carbocycles. The van der Waals surface area contributed by atoms with Gasteiger partial charge in [0.2, 0.25) is 15.9 Å². The van der Waals surface area contributed by atoms with Crippen LogP contribution in [0.3, 0.4) is 0 Å². The number of nitriles is 1. The molecule has 1 aromatic heterocycles. The number of nitrogens with zero attached hydrogens (tertiary/aromatic N) is 3. The topological polar surface area (TPSA) is 97.0 Å². The van der Waals surface area contributed by atoms with Crippen LogP contribution in [-0.4, -0.2) is 42.0 Å². The number of aromatic nitrogens is 2. The van der Waals surface area contributed by atoms with E-state index in [9.17, 15) is 17.2 Å². The highest BCUT2D eigenvalue weighted by Gasteiger charge is 2.45. The van der Waals surface area contributed by atoms with Crippen LogP contribution in [0.4, 0.5) is 8.78 Å². The fourth-order valence-electron chi connectivity index (χ4n) is 3.67. The number of nitrogens with one attached hydrogen (secondary N) is 1. The van der Waals surface area contributed by atoms with Gasteiger partial charge in [0, 0.05) is 31.0 Å². The standard InChI is InChI=1S/C20H22F2N4O3S/c21-20(22)8-7-19(25-30(27,28)18-5-6-18)15(9-20)13-29-17-3-1-16(2-4-17)26-12-14(10-23)11-24-26/h1-4,11-12,15,18-19,25H,5-9,13H2/t15-,19+/m1/s1. The Hall–Kier alpha value is -2.51. The molecule has 0 bridgehead atoms. The predicted octanol–water partition coefficient (Wildman–Crippen LogP) is 3.01. The van der Waals surface area contributed by atoms with Gasteiger partial charge in [-0.15, -0.1) is 0 Å². The molecule has 4 rings (SSSR count). The second kappa shape index (κ2) is 7.96. The molecule has 2 aliphatic carbocycles. The lowest BCUT2D eigenvalue weighted by atomic mass is 9.83. The molecule has 160 valence electrons. The molecule has 7 nitrogen and oxygen atoms in total. The highest BCUT2D eigenvalue weighted by molar-refractivity contribution is 7.90. The summed E-state index contributed by atoms with van der Waals surface area (Å²) in [6.07, 6.45) is 3.65. The van der Waals surface area contributed by atoms with E-state index >= 15 is 0 Å². The zero-order chi connectivity index (χ0) is 21.4. The monoisotopic (exact) mass is 436 g/mol. The molecular weight excluding hydrogens is 414 g/mol. The minimum Gasteiger partial charge on any atom is -0.493 e. The van der Waals surface area contributed by atoms with Crippen molar-refractivity contribution in [1.82, 2.24) is 14.5 Å². The molecule has 0 radical (unpaired) electrons. The number of sulfonamides is 1. The van der Waals surface area contributed by atoms with Crippen molar-refractivity contribution in [3.8, 4) is 17.5 Å². The SMILES string of the molecule is N#Cc1cnn(-c2ccc(OC[C@H]3CC(F)(F)CC[C@@H]3NS(=O)(=O)C3CC3)cc2)c1. The van der Waals surface area contributed by atoms with Crippen molar-refractivity contribution >= 4 is 10.0 Å². The molecule has 2 saturated carbocycles. The van der Waals surface area contributed by atoms with Gasteiger partial charge in [0.15, 0.2) is 0 Å². The van der Waals surface area contributed by atoms with E-state index in [-0.39, 0.29) is 19.4 Å². The lowest BCUT2D eigenvalue weighted by molar-refractivity contribution is -0.0661. The highest BCUT2D eigenvalue weighted by Crippen LogP contribution is 2.38. The minimum atomic E-state index is -3.46. The number of ether oxygens (including phenoxy) is 1. The van der Waals surface area contributed by atoms with Crippen LogP contribution in [0.15, 0.2) is 36.7 Å². The molecule has 2 atom stereocenters. The molecule has 1 N–H and O–H groups in total. The molecule has 0 amide bonds. The fraction of sp³-hybridized carbons (Fsp3) is 0.500. The lowest BCUT2D eigenvalue weighted by Gasteiger charge is -2.36. The van der Waals surface area contributed by atoms with E-state index in [1.807, 2.05) is 6.07 Å². The first-order valence-electron chi connectivity index (χ1n) is 9.83. The van der Waals surface area contributed by atoms with Crippen molar-refractivity contribution in [2.75, 3.05) is 6.61 Å². The van der Waals surface area contributed by atoms with E-state index in [0.29, 0.717) is 24.2 Å². The first-order valence-corrected chi connectivity index (χ1v) is 11.4. The van der Waals surface area contributed by atoms with Crippen molar-refractivity contribution in [1.29, 1.82) is 5.26 Å². The maximum Gasteiger partial charge on any atom is 0.248 e. The molecule has 0 saturated heterocycles. The van der Waals surface area contributed by atoms with Crippen molar-refractivity contribution in [3.05, 3.63) is 42.2 Å². The summed E-state index contributed by atoms with van der Waals surface area (Å²) >= 11 is 0. The molecule has 2 aromatic rings. The fourth-order valence-corrected chi connectivity index (χ4v) is 5.35. The van der Waals surface area contributed by atoms with Gasteiger partial charge in [-0.2, -0.15) is 10.4 Å². The second-order valence-electron chi connectivity index (χ2n) is 7.92. The smallest absolute Gasteiger partial charge is 0.248 e. The summed E-state index contributed by atoms with van der Waals surface area (Å²) in [4.78, 5) is 0. The predicted molar refractivity (Wildman–Crippen MR) is 105 cm³/mol. The van der Waals surface area contributed by atoms with E-state index in [1.165, 1.54) is 6.20 Å². The molecule has 2 fully saturated rings. The van der Waals surface area contributed by atoms with Gasteiger partial charge in [-0.25, -0.2) is 26.6 Å². The third kappa shape index (κ3) is 4.79. The number of rotatable bonds is 7. The van der Waals surface area contributed by atoms with Crippen molar-refractivity contribution in [3.63, 3.8) is 0 Å². The summed E-state index contributed by atoms with van der Waals surface area (Å²) in [5.74, 6) is -2.95. The van der Waals surface area contributed by atoms with Crippen LogP contribution in [0.1, 0.15) is 37.7 Å². The van der Waals surface area contributed by atoms with Gasteiger partial charge < -0.3 is 4.74 Å². The average molecular weight is 436 g/mol. The van der Waals surface area contributed by atoms with Gasteiger partial charge in [-0.05, 0) is 43.5 Å². The third-order valence-corrected chi connectivity index (χ3v) is 7.49. The summed E-state index contributed by atoms with van der Waals surface area (Å²) in [7, 11) is -3.46. The number of hydrogen-bond donors (Lipinski definition) is 1. The van der Waals surface area contributed by atoms with Gasteiger partial charge in [-0.3, -0.25) is 0 Å². The van der Waals surface area contributed by atoms with Crippen molar-refractivity contribution in [2.45, 2.75) is 49.3 Å². The zero-order valence-electron chi connectivity index (χ0n) is 16.2. The van der Waals surface area contributed by atoms with E-state index in [0.717, 1.165) is 5.69 Å². The lowest BCUT2D eigenvalue weighted by Crippen LogP contribution is -2.49. The number of benzene rings is 1. The molecule has 0 spiro atoms. The Morgan fingerprint density at radius 2 is 2.00 bits per heavy atom. The Labute approximate surface area is 173 Å². The summed E-state index contributed by atoms with van der Waals surface area (Å²) in [5.41, 5.74) is 1.16. The van der Waals surface area contributed by atoms with Crippen LogP contribution in [0.2, 0.25) is 0 Å². The summed E-state index contributed by atoms with van der Waals surface area (Å²) < 4.78 is 62.4. The van der Waals surface area contributed by atoms with Crippen LogP contribution >= 0.6 is 0 Å². The molecule has 1 heterocycles. The van der Waals surface area contributed by atoms with Crippen LogP contribution < -0.4 is 9.46 Å². The zero-order valence-corrected chi connectivity index (χ0v) is 17.0. The summed E-state index contributed by atoms with van der Waals surface area (Å²) in [6.45, 7) is -0.00681. The molecule has 2 aliphatic rings. The maximum absolute atomic E-state index is 14.0. The van der Waals surface area contributed by atoms with E-state index in [1.54, 1.807) is 35.1 Å². The quantitative estimate of drug-likeness (QED) is 0.720. The van der Waals surface area contributed by atoms with Crippen molar-refractivity contribution < 1.29 is 21.9 Å². The van der Waals surface area contributed by atoms with Crippen molar-refractivity contribution in [2.24, 2.45) is 5.92 Å². The Kier molecular flexibility index (Phi) is 5.51. The molecular formula is C20H22F2N4O3S. The third-order valence-electron chi connectivity index (χ3n) is 5.51. The van der Waals surface area contributed by atoms with Crippen LogP contribution in [0, 0.1) is 17.2 Å². The first kappa shape index (κ1) is 20.8. The maximum atomic E-state index is 14.0. The van der Waals surface area contributed by atoms with E-state index in [4.69, 9.17) is 10.00 Å². The Morgan fingerprint density at radius 1 is 1.27 bits per heavy atom. The molecule has 0 unspecified atom stereocenters. The summed E-state index contributed by atoms with van der Waals surface area (Å²) in [5, 5.41) is 12.6. The number of alkyl halides is 2. The van der Waals surface area contributed by atoms with Gasteiger partial charge in [0.1, 0.15) is 11.8 Å².